The van der Waals surface area contributed by atoms with Crippen LogP contribution < -0.4 is 5.43 Å². The third-order valence-corrected chi connectivity index (χ3v) is 4.78. The predicted molar refractivity (Wildman–Crippen MR) is 101 cm³/mol. The standard InChI is InChI=1S/C19H16N4OS/c1-13(16-8-4-6-14-5-2-3-7-17(14)16)21-22-18(24)11-15-12-23-9-10-25-19(23)20-15/h2-10,12H,11H2,1H3,(H,22,24)/b21-13+. The fourth-order valence-electron chi connectivity index (χ4n) is 2.81. The van der Waals surface area contributed by atoms with Crippen LogP contribution in [0.1, 0.15) is 18.2 Å². The number of hydrogen-bond acceptors (Lipinski definition) is 4. The van der Waals surface area contributed by atoms with Gasteiger partial charge in [0.05, 0.1) is 17.8 Å². The van der Waals surface area contributed by atoms with Crippen LogP contribution in [0.2, 0.25) is 0 Å². The summed E-state index contributed by atoms with van der Waals surface area (Å²) in [7, 11) is 0. The van der Waals surface area contributed by atoms with Gasteiger partial charge in [-0.1, -0.05) is 42.5 Å². The molecular weight excluding hydrogens is 332 g/mol. The Labute approximate surface area is 148 Å². The zero-order valence-corrected chi connectivity index (χ0v) is 14.5. The molecule has 124 valence electrons. The highest BCUT2D eigenvalue weighted by molar-refractivity contribution is 7.15. The van der Waals surface area contributed by atoms with Crippen LogP contribution in [0.25, 0.3) is 15.7 Å². The molecule has 6 heteroatoms. The second kappa shape index (κ2) is 6.49. The third-order valence-electron chi connectivity index (χ3n) is 4.01. The number of aromatic nitrogens is 2. The maximum absolute atomic E-state index is 12.1. The molecule has 2 aromatic carbocycles. The summed E-state index contributed by atoms with van der Waals surface area (Å²) in [5.74, 6) is -0.176. The first-order chi connectivity index (χ1) is 12.2. The maximum atomic E-state index is 12.1. The number of imidazole rings is 1. The highest BCUT2D eigenvalue weighted by Crippen LogP contribution is 2.19. The third kappa shape index (κ3) is 3.16. The lowest BCUT2D eigenvalue weighted by Crippen LogP contribution is -2.21. The van der Waals surface area contributed by atoms with Gasteiger partial charge in [-0.25, -0.2) is 10.4 Å². The largest absolute Gasteiger partial charge is 0.297 e. The molecular formula is C19H16N4OS. The van der Waals surface area contributed by atoms with E-state index < -0.39 is 0 Å². The summed E-state index contributed by atoms with van der Waals surface area (Å²) in [5.41, 5.74) is 5.16. The minimum absolute atomic E-state index is 0.176. The van der Waals surface area contributed by atoms with Gasteiger partial charge in [0.25, 0.3) is 0 Å². The van der Waals surface area contributed by atoms with Crippen LogP contribution in [0, 0.1) is 0 Å². The number of nitrogens with one attached hydrogen (secondary N) is 1. The van der Waals surface area contributed by atoms with Crippen molar-refractivity contribution in [2.24, 2.45) is 5.10 Å². The van der Waals surface area contributed by atoms with Crippen LogP contribution in [0.5, 0.6) is 0 Å². The Hall–Kier alpha value is -2.99. The highest BCUT2D eigenvalue weighted by atomic mass is 32.1. The van der Waals surface area contributed by atoms with Crippen LogP contribution in [0.4, 0.5) is 0 Å². The van der Waals surface area contributed by atoms with Gasteiger partial charge in [-0.05, 0) is 17.7 Å². The fourth-order valence-corrected chi connectivity index (χ4v) is 3.53. The minimum Gasteiger partial charge on any atom is -0.297 e. The highest BCUT2D eigenvalue weighted by Gasteiger charge is 2.09. The number of carbonyl (C=O) groups is 1. The van der Waals surface area contributed by atoms with Crippen molar-refractivity contribution in [3.8, 4) is 0 Å². The van der Waals surface area contributed by atoms with Crippen LogP contribution in [0.3, 0.4) is 0 Å². The summed E-state index contributed by atoms with van der Waals surface area (Å²) in [6, 6.07) is 14.2. The normalized spacial score (nSPS) is 12.0. The Balaban J connectivity index is 1.50. The van der Waals surface area contributed by atoms with E-state index in [2.05, 4.69) is 33.7 Å². The Morgan fingerprint density at radius 3 is 2.96 bits per heavy atom. The lowest BCUT2D eigenvalue weighted by Gasteiger charge is -2.06. The molecule has 0 bridgehead atoms. The lowest BCUT2D eigenvalue weighted by atomic mass is 10.0. The molecule has 2 heterocycles. The Bertz CT molecular complexity index is 1060. The van der Waals surface area contributed by atoms with Crippen molar-refractivity contribution in [3.63, 3.8) is 0 Å². The molecule has 0 radical (unpaired) electrons. The molecule has 0 spiro atoms. The minimum atomic E-state index is -0.176. The van der Waals surface area contributed by atoms with Crippen molar-refractivity contribution in [1.29, 1.82) is 0 Å². The topological polar surface area (TPSA) is 58.8 Å². The first-order valence-corrected chi connectivity index (χ1v) is 8.81. The molecule has 2 aromatic heterocycles. The van der Waals surface area contributed by atoms with E-state index in [4.69, 9.17) is 0 Å². The van der Waals surface area contributed by atoms with Gasteiger partial charge < -0.3 is 0 Å². The summed E-state index contributed by atoms with van der Waals surface area (Å²) in [6.07, 6.45) is 4.00. The number of nitrogens with zero attached hydrogens (tertiary/aromatic N) is 3. The summed E-state index contributed by atoms with van der Waals surface area (Å²) in [5, 5.41) is 8.50. The Morgan fingerprint density at radius 1 is 1.24 bits per heavy atom. The molecule has 5 nitrogen and oxygen atoms in total. The van der Waals surface area contributed by atoms with E-state index >= 15 is 0 Å². The zero-order chi connectivity index (χ0) is 17.2. The van der Waals surface area contributed by atoms with Crippen LogP contribution in [0.15, 0.2) is 65.3 Å². The first kappa shape index (κ1) is 15.5. The predicted octanol–water partition coefficient (Wildman–Crippen LogP) is 3.63. The van der Waals surface area contributed by atoms with Crippen LogP contribution in [-0.4, -0.2) is 21.0 Å². The van der Waals surface area contributed by atoms with Crippen molar-refractivity contribution in [2.75, 3.05) is 0 Å². The van der Waals surface area contributed by atoms with E-state index in [-0.39, 0.29) is 12.3 Å². The number of hydrogen-bond donors (Lipinski definition) is 1. The lowest BCUT2D eigenvalue weighted by molar-refractivity contribution is -0.120. The van der Waals surface area contributed by atoms with Gasteiger partial charge in [0.1, 0.15) is 0 Å². The van der Waals surface area contributed by atoms with Gasteiger partial charge in [0.15, 0.2) is 4.96 Å². The van der Waals surface area contributed by atoms with Crippen molar-refractivity contribution >= 4 is 38.7 Å². The summed E-state index contributed by atoms with van der Waals surface area (Å²) in [4.78, 5) is 17.4. The van der Waals surface area contributed by atoms with Gasteiger partial charge in [0.2, 0.25) is 5.91 Å². The van der Waals surface area contributed by atoms with Gasteiger partial charge in [-0.2, -0.15) is 5.10 Å². The molecule has 25 heavy (non-hydrogen) atoms. The van der Waals surface area contributed by atoms with Gasteiger partial charge in [-0.3, -0.25) is 9.20 Å². The quantitative estimate of drug-likeness (QED) is 0.452. The number of benzene rings is 2. The average Bonchev–Trinajstić information content (AvgIpc) is 3.20. The van der Waals surface area contributed by atoms with Crippen LogP contribution >= 0.6 is 11.3 Å². The van der Waals surface area contributed by atoms with Crippen molar-refractivity contribution < 1.29 is 4.79 Å². The molecule has 0 saturated carbocycles. The molecule has 1 N–H and O–H groups in total. The molecule has 0 aliphatic carbocycles. The SMILES string of the molecule is C/C(=N\NC(=O)Cc1cn2ccsc2n1)c1cccc2ccccc12. The van der Waals surface area contributed by atoms with Crippen molar-refractivity contribution in [2.45, 2.75) is 13.3 Å². The molecule has 0 atom stereocenters. The van der Waals surface area contributed by atoms with E-state index in [0.29, 0.717) is 0 Å². The van der Waals surface area contributed by atoms with Gasteiger partial charge >= 0.3 is 0 Å². The number of amides is 1. The molecule has 4 aromatic rings. The summed E-state index contributed by atoms with van der Waals surface area (Å²) < 4.78 is 1.91. The van der Waals surface area contributed by atoms with Crippen molar-refractivity contribution in [3.05, 3.63) is 71.5 Å². The Morgan fingerprint density at radius 2 is 2.08 bits per heavy atom. The number of carbonyl (C=O) groups excluding carboxylic acids is 1. The number of thiazole rings is 1. The van der Waals surface area contributed by atoms with E-state index in [1.807, 2.05) is 53.4 Å². The molecule has 0 aliphatic rings. The molecule has 0 unspecified atom stereocenters. The van der Waals surface area contributed by atoms with Crippen LogP contribution in [-0.2, 0) is 11.2 Å². The van der Waals surface area contributed by atoms with Gasteiger partial charge in [-0.15, -0.1) is 11.3 Å². The monoisotopic (exact) mass is 348 g/mol. The smallest absolute Gasteiger partial charge is 0.246 e. The molecule has 0 aliphatic heterocycles. The number of fused-ring (bicyclic) bond motifs is 2. The second-order valence-electron chi connectivity index (χ2n) is 5.76. The van der Waals surface area contributed by atoms with Gasteiger partial charge in [0, 0.05) is 23.3 Å². The van der Waals surface area contributed by atoms with Crippen molar-refractivity contribution in [1.82, 2.24) is 14.8 Å². The van der Waals surface area contributed by atoms with E-state index in [0.717, 1.165) is 32.7 Å². The second-order valence-corrected chi connectivity index (χ2v) is 6.63. The van der Waals surface area contributed by atoms with E-state index in [1.54, 1.807) is 11.3 Å². The molecule has 0 fully saturated rings. The molecule has 4 rings (SSSR count). The first-order valence-electron chi connectivity index (χ1n) is 7.93. The number of hydrazone groups is 1. The molecule has 0 saturated heterocycles. The number of rotatable bonds is 4. The Kier molecular flexibility index (Phi) is 4.03. The zero-order valence-electron chi connectivity index (χ0n) is 13.6. The summed E-state index contributed by atoms with van der Waals surface area (Å²) >= 11 is 1.54. The van der Waals surface area contributed by atoms with E-state index in [9.17, 15) is 4.79 Å². The van der Waals surface area contributed by atoms with E-state index in [1.165, 1.54) is 0 Å². The molecule has 1 amide bonds. The fraction of sp³-hybridized carbons (Fsp3) is 0.105. The maximum Gasteiger partial charge on any atom is 0.246 e. The average molecular weight is 348 g/mol. The summed E-state index contributed by atoms with van der Waals surface area (Å²) in [6.45, 7) is 1.90.